The van der Waals surface area contributed by atoms with Crippen molar-refractivity contribution in [1.82, 2.24) is 14.9 Å². The molecule has 0 aliphatic carbocycles. The monoisotopic (exact) mass is 270 g/mol. The summed E-state index contributed by atoms with van der Waals surface area (Å²) < 4.78 is 0. The third-order valence-electron chi connectivity index (χ3n) is 2.72. The van der Waals surface area contributed by atoms with Gasteiger partial charge in [0.2, 0.25) is 5.91 Å². The molecule has 0 aliphatic rings. The van der Waals surface area contributed by atoms with Gasteiger partial charge in [-0.05, 0) is 27.7 Å². The fourth-order valence-corrected chi connectivity index (χ4v) is 1.83. The van der Waals surface area contributed by atoms with Crippen molar-refractivity contribution < 1.29 is 4.79 Å². The molecule has 0 unspecified atom stereocenters. The molecule has 0 saturated heterocycles. The number of carbonyl (C=O) groups excluding carboxylic acids is 1. The highest BCUT2D eigenvalue weighted by Gasteiger charge is 2.12. The summed E-state index contributed by atoms with van der Waals surface area (Å²) in [4.78, 5) is 21.9. The van der Waals surface area contributed by atoms with Crippen LogP contribution in [0.5, 0.6) is 0 Å². The summed E-state index contributed by atoms with van der Waals surface area (Å²) in [6.45, 7) is 9.14. The number of rotatable bonds is 5. The number of carbonyl (C=O) groups is 1. The van der Waals surface area contributed by atoms with Gasteiger partial charge in [-0.1, -0.05) is 11.6 Å². The third kappa shape index (κ3) is 3.57. The van der Waals surface area contributed by atoms with Crippen LogP contribution in [0.15, 0.2) is 0 Å². The van der Waals surface area contributed by atoms with Crippen molar-refractivity contribution in [2.24, 2.45) is 0 Å². The number of aromatic nitrogens is 2. The lowest BCUT2D eigenvalue weighted by atomic mass is 10.3. The second-order valence-electron chi connectivity index (χ2n) is 3.95. The molecule has 0 fully saturated rings. The Hall–Kier alpha value is -1.36. The molecule has 1 aromatic rings. The Morgan fingerprint density at radius 2 is 1.89 bits per heavy atom. The van der Waals surface area contributed by atoms with Crippen molar-refractivity contribution in [3.05, 3.63) is 16.5 Å². The Morgan fingerprint density at radius 1 is 1.28 bits per heavy atom. The fourth-order valence-electron chi connectivity index (χ4n) is 1.61. The SMILES string of the molecule is CCN(CC)C(=O)CNc1nc(C)nc(Cl)c1C. The van der Waals surface area contributed by atoms with E-state index in [9.17, 15) is 4.79 Å². The molecule has 0 aliphatic heterocycles. The van der Waals surface area contributed by atoms with Crippen molar-refractivity contribution in [2.45, 2.75) is 27.7 Å². The molecule has 6 heteroatoms. The van der Waals surface area contributed by atoms with E-state index in [1.807, 2.05) is 20.8 Å². The van der Waals surface area contributed by atoms with Crippen LogP contribution >= 0.6 is 11.6 Å². The van der Waals surface area contributed by atoms with Gasteiger partial charge < -0.3 is 10.2 Å². The maximum absolute atomic E-state index is 11.8. The molecule has 100 valence electrons. The number of likely N-dealkylation sites (N-methyl/N-ethyl adjacent to an activating group) is 1. The van der Waals surface area contributed by atoms with Crippen molar-refractivity contribution in [1.29, 1.82) is 0 Å². The van der Waals surface area contributed by atoms with E-state index >= 15 is 0 Å². The zero-order valence-electron chi connectivity index (χ0n) is 11.2. The van der Waals surface area contributed by atoms with Crippen LogP contribution in [0.1, 0.15) is 25.2 Å². The van der Waals surface area contributed by atoms with Crippen molar-refractivity contribution in [3.8, 4) is 0 Å². The largest absolute Gasteiger partial charge is 0.361 e. The molecule has 0 atom stereocenters. The number of hydrogen-bond donors (Lipinski definition) is 1. The van der Waals surface area contributed by atoms with Gasteiger partial charge >= 0.3 is 0 Å². The van der Waals surface area contributed by atoms with Gasteiger partial charge in [0, 0.05) is 18.7 Å². The molecular weight excluding hydrogens is 252 g/mol. The Balaban J connectivity index is 2.72. The third-order valence-corrected chi connectivity index (χ3v) is 3.09. The summed E-state index contributed by atoms with van der Waals surface area (Å²) in [6.07, 6.45) is 0. The van der Waals surface area contributed by atoms with Gasteiger partial charge in [0.1, 0.15) is 16.8 Å². The second kappa shape index (κ2) is 6.54. The summed E-state index contributed by atoms with van der Waals surface area (Å²) in [5.74, 6) is 1.25. The first-order valence-corrected chi connectivity index (χ1v) is 6.39. The van der Waals surface area contributed by atoms with Crippen LogP contribution in [0.2, 0.25) is 5.15 Å². The number of amides is 1. The van der Waals surface area contributed by atoms with E-state index in [1.54, 1.807) is 11.8 Å². The number of halogens is 1. The number of aryl methyl sites for hydroxylation is 1. The highest BCUT2D eigenvalue weighted by molar-refractivity contribution is 6.30. The summed E-state index contributed by atoms with van der Waals surface area (Å²) in [6, 6.07) is 0. The van der Waals surface area contributed by atoms with Crippen LogP contribution < -0.4 is 5.32 Å². The minimum atomic E-state index is 0.0480. The molecule has 1 amide bonds. The maximum atomic E-state index is 11.8. The smallest absolute Gasteiger partial charge is 0.241 e. The Morgan fingerprint density at radius 3 is 2.44 bits per heavy atom. The molecule has 0 radical (unpaired) electrons. The predicted octanol–water partition coefficient (Wildman–Crippen LogP) is 2.03. The zero-order valence-corrected chi connectivity index (χ0v) is 12.0. The lowest BCUT2D eigenvalue weighted by molar-refractivity contribution is -0.128. The molecule has 1 rings (SSSR count). The topological polar surface area (TPSA) is 58.1 Å². The molecular formula is C12H19ClN4O. The average Bonchev–Trinajstić information content (AvgIpc) is 2.33. The highest BCUT2D eigenvalue weighted by atomic mass is 35.5. The molecule has 5 nitrogen and oxygen atoms in total. The summed E-state index contributed by atoms with van der Waals surface area (Å²) in [5.41, 5.74) is 0.759. The van der Waals surface area contributed by atoms with E-state index in [4.69, 9.17) is 11.6 Å². The number of nitrogens with zero attached hydrogens (tertiary/aromatic N) is 3. The Kier molecular flexibility index (Phi) is 5.34. The predicted molar refractivity (Wildman–Crippen MR) is 72.9 cm³/mol. The molecule has 1 aromatic heterocycles. The van der Waals surface area contributed by atoms with E-state index in [2.05, 4.69) is 15.3 Å². The van der Waals surface area contributed by atoms with Crippen LogP contribution in [0.3, 0.4) is 0 Å². The van der Waals surface area contributed by atoms with E-state index in [0.717, 1.165) is 5.56 Å². The number of hydrogen-bond acceptors (Lipinski definition) is 4. The first kappa shape index (κ1) is 14.7. The van der Waals surface area contributed by atoms with Crippen molar-refractivity contribution in [3.63, 3.8) is 0 Å². The number of anilines is 1. The van der Waals surface area contributed by atoms with E-state index < -0.39 is 0 Å². The quantitative estimate of drug-likeness (QED) is 0.832. The standard InChI is InChI=1S/C12H19ClN4O/c1-5-17(6-2)10(18)7-14-12-8(3)11(13)15-9(4)16-12/h5-7H2,1-4H3,(H,14,15,16). The second-order valence-corrected chi connectivity index (χ2v) is 4.31. The van der Waals surface area contributed by atoms with E-state index in [-0.39, 0.29) is 12.5 Å². The minimum absolute atomic E-state index is 0.0480. The lowest BCUT2D eigenvalue weighted by Crippen LogP contribution is -2.35. The molecule has 0 spiro atoms. The van der Waals surface area contributed by atoms with Crippen LogP contribution in [0.25, 0.3) is 0 Å². The first-order valence-electron chi connectivity index (χ1n) is 6.01. The minimum Gasteiger partial charge on any atom is -0.361 e. The number of nitrogens with one attached hydrogen (secondary N) is 1. The molecule has 0 bridgehead atoms. The fraction of sp³-hybridized carbons (Fsp3) is 0.583. The van der Waals surface area contributed by atoms with Crippen molar-refractivity contribution >= 4 is 23.3 Å². The molecule has 18 heavy (non-hydrogen) atoms. The Bertz CT molecular complexity index is 432. The zero-order chi connectivity index (χ0) is 13.7. The van der Waals surface area contributed by atoms with Gasteiger partial charge in [-0.2, -0.15) is 0 Å². The van der Waals surface area contributed by atoms with Gasteiger partial charge in [-0.3, -0.25) is 4.79 Å². The molecule has 1 N–H and O–H groups in total. The van der Waals surface area contributed by atoms with Gasteiger partial charge in [0.05, 0.1) is 6.54 Å². The van der Waals surface area contributed by atoms with Crippen LogP contribution in [-0.4, -0.2) is 40.4 Å². The van der Waals surface area contributed by atoms with Gasteiger partial charge in [-0.25, -0.2) is 9.97 Å². The van der Waals surface area contributed by atoms with Crippen molar-refractivity contribution in [2.75, 3.05) is 25.0 Å². The lowest BCUT2D eigenvalue weighted by Gasteiger charge is -2.19. The summed E-state index contributed by atoms with van der Waals surface area (Å²) in [5, 5.41) is 3.43. The molecule has 0 aromatic carbocycles. The van der Waals surface area contributed by atoms with Crippen LogP contribution in [-0.2, 0) is 4.79 Å². The average molecular weight is 271 g/mol. The maximum Gasteiger partial charge on any atom is 0.241 e. The summed E-state index contributed by atoms with van der Waals surface area (Å²) in [7, 11) is 0. The van der Waals surface area contributed by atoms with E-state index in [1.165, 1.54) is 0 Å². The summed E-state index contributed by atoms with van der Waals surface area (Å²) >= 11 is 5.97. The van der Waals surface area contributed by atoms with Crippen LogP contribution in [0, 0.1) is 13.8 Å². The van der Waals surface area contributed by atoms with Gasteiger partial charge in [0.25, 0.3) is 0 Å². The normalized spacial score (nSPS) is 10.3. The highest BCUT2D eigenvalue weighted by Crippen LogP contribution is 2.19. The van der Waals surface area contributed by atoms with Gasteiger partial charge in [0.15, 0.2) is 0 Å². The Labute approximate surface area is 113 Å². The van der Waals surface area contributed by atoms with Crippen LogP contribution in [0.4, 0.5) is 5.82 Å². The molecule has 0 saturated carbocycles. The molecule has 1 heterocycles. The van der Waals surface area contributed by atoms with E-state index in [0.29, 0.717) is 29.9 Å². The first-order chi connectivity index (χ1) is 8.49. The van der Waals surface area contributed by atoms with Gasteiger partial charge in [-0.15, -0.1) is 0 Å².